The lowest BCUT2D eigenvalue weighted by Gasteiger charge is -2.07. The molecule has 0 spiro atoms. The number of carbonyl (C=O) groups excluding carboxylic acids is 1. The van der Waals surface area contributed by atoms with E-state index in [0.29, 0.717) is 5.56 Å². The summed E-state index contributed by atoms with van der Waals surface area (Å²) in [6.45, 7) is 1.68. The molecule has 1 aromatic carbocycles. The Bertz CT molecular complexity index is 648. The molecule has 1 heterocycles. The summed E-state index contributed by atoms with van der Waals surface area (Å²) in [4.78, 5) is 22.8. The fourth-order valence-electron chi connectivity index (χ4n) is 1.59. The minimum atomic E-state index is -1.33. The number of carboxylic acid groups (broad SMARTS) is 1. The molecule has 1 aromatic heterocycles. The van der Waals surface area contributed by atoms with E-state index in [1.807, 2.05) is 0 Å². The lowest BCUT2D eigenvalue weighted by Crippen LogP contribution is -2.15. The first kappa shape index (κ1) is 12.8. The van der Waals surface area contributed by atoms with Gasteiger partial charge in [0.25, 0.3) is 5.91 Å². The second-order valence-corrected chi connectivity index (χ2v) is 3.88. The number of anilines is 1. The van der Waals surface area contributed by atoms with Gasteiger partial charge in [-0.1, -0.05) is 0 Å². The Labute approximate surface area is 107 Å². The zero-order valence-corrected chi connectivity index (χ0v) is 9.94. The Balaban J connectivity index is 2.32. The number of benzene rings is 1. The van der Waals surface area contributed by atoms with E-state index >= 15 is 0 Å². The summed E-state index contributed by atoms with van der Waals surface area (Å²) < 4.78 is 18.0. The maximum Gasteiger partial charge on any atom is 0.337 e. The van der Waals surface area contributed by atoms with E-state index in [9.17, 15) is 14.0 Å². The Morgan fingerprint density at radius 2 is 2.05 bits per heavy atom. The lowest BCUT2D eigenvalue weighted by atomic mass is 10.1. The van der Waals surface area contributed by atoms with Crippen LogP contribution in [0.4, 0.5) is 10.1 Å². The minimum Gasteiger partial charge on any atom is -0.478 e. The van der Waals surface area contributed by atoms with Gasteiger partial charge in [-0.3, -0.25) is 4.79 Å². The number of furan rings is 1. The summed E-state index contributed by atoms with van der Waals surface area (Å²) in [5.41, 5.74) is 0.309. The molecule has 2 rings (SSSR count). The summed E-state index contributed by atoms with van der Waals surface area (Å²) >= 11 is 0. The molecule has 0 atom stereocenters. The van der Waals surface area contributed by atoms with E-state index in [4.69, 9.17) is 9.52 Å². The molecule has 98 valence electrons. The van der Waals surface area contributed by atoms with Gasteiger partial charge in [0.05, 0.1) is 17.5 Å². The Morgan fingerprint density at radius 3 is 2.63 bits per heavy atom. The molecule has 19 heavy (non-hydrogen) atoms. The molecule has 0 saturated carbocycles. The predicted octanol–water partition coefficient (Wildman–Crippen LogP) is 2.68. The molecule has 5 nitrogen and oxygen atoms in total. The van der Waals surface area contributed by atoms with E-state index < -0.39 is 17.7 Å². The number of halogens is 1. The van der Waals surface area contributed by atoms with Gasteiger partial charge >= 0.3 is 5.97 Å². The van der Waals surface area contributed by atoms with Crippen molar-refractivity contribution < 1.29 is 23.5 Å². The van der Waals surface area contributed by atoms with Crippen molar-refractivity contribution in [2.75, 3.05) is 5.32 Å². The van der Waals surface area contributed by atoms with Crippen molar-refractivity contribution in [2.45, 2.75) is 6.92 Å². The van der Waals surface area contributed by atoms with Gasteiger partial charge in [-0.25, -0.2) is 9.18 Å². The topological polar surface area (TPSA) is 79.5 Å². The SMILES string of the molecule is Cc1ccoc1C(=O)Nc1ccc(F)cc1C(=O)O. The molecule has 0 aliphatic rings. The van der Waals surface area contributed by atoms with Crippen molar-refractivity contribution in [3.8, 4) is 0 Å². The van der Waals surface area contributed by atoms with Crippen molar-refractivity contribution in [1.82, 2.24) is 0 Å². The highest BCUT2D eigenvalue weighted by atomic mass is 19.1. The maximum absolute atomic E-state index is 13.0. The Kier molecular flexibility index (Phi) is 3.33. The van der Waals surface area contributed by atoms with Gasteiger partial charge in [0, 0.05) is 5.56 Å². The van der Waals surface area contributed by atoms with Gasteiger partial charge in [-0.15, -0.1) is 0 Å². The number of rotatable bonds is 3. The van der Waals surface area contributed by atoms with Gasteiger partial charge < -0.3 is 14.8 Å². The predicted molar refractivity (Wildman–Crippen MR) is 64.8 cm³/mol. The van der Waals surface area contributed by atoms with Gasteiger partial charge in [0.1, 0.15) is 5.82 Å². The Hall–Kier alpha value is -2.63. The van der Waals surface area contributed by atoms with Crippen molar-refractivity contribution in [2.24, 2.45) is 0 Å². The standard InChI is InChI=1S/C13H10FNO4/c1-7-4-5-19-11(7)12(16)15-10-3-2-8(14)6-9(10)13(17)18/h2-6H,1H3,(H,15,16)(H,17,18). The highest BCUT2D eigenvalue weighted by molar-refractivity contribution is 6.06. The van der Waals surface area contributed by atoms with Crippen LogP contribution < -0.4 is 5.32 Å². The van der Waals surface area contributed by atoms with Gasteiger partial charge in [-0.2, -0.15) is 0 Å². The average molecular weight is 263 g/mol. The number of nitrogens with one attached hydrogen (secondary N) is 1. The molecule has 1 amide bonds. The lowest BCUT2D eigenvalue weighted by molar-refractivity contribution is 0.0697. The van der Waals surface area contributed by atoms with E-state index in [1.54, 1.807) is 13.0 Å². The van der Waals surface area contributed by atoms with Crippen molar-refractivity contribution >= 4 is 17.6 Å². The number of hydrogen-bond acceptors (Lipinski definition) is 3. The van der Waals surface area contributed by atoms with Crippen LogP contribution in [0.25, 0.3) is 0 Å². The normalized spacial score (nSPS) is 10.2. The maximum atomic E-state index is 13.0. The number of aromatic carboxylic acids is 1. The van der Waals surface area contributed by atoms with Crippen LogP contribution in [-0.4, -0.2) is 17.0 Å². The van der Waals surface area contributed by atoms with Gasteiger partial charge in [-0.05, 0) is 31.2 Å². The molecule has 6 heteroatoms. The van der Waals surface area contributed by atoms with E-state index in [1.165, 1.54) is 12.3 Å². The first-order valence-corrected chi connectivity index (χ1v) is 5.37. The van der Waals surface area contributed by atoms with E-state index in [-0.39, 0.29) is 17.0 Å². The highest BCUT2D eigenvalue weighted by Gasteiger charge is 2.17. The van der Waals surface area contributed by atoms with Crippen LogP contribution in [0.1, 0.15) is 26.5 Å². The Morgan fingerprint density at radius 1 is 1.32 bits per heavy atom. The first-order valence-electron chi connectivity index (χ1n) is 5.37. The second kappa shape index (κ2) is 4.93. The van der Waals surface area contributed by atoms with Crippen LogP contribution in [0.5, 0.6) is 0 Å². The molecule has 2 aromatic rings. The third-order valence-corrected chi connectivity index (χ3v) is 2.53. The summed E-state index contributed by atoms with van der Waals surface area (Å²) in [6, 6.07) is 4.70. The zero-order valence-electron chi connectivity index (χ0n) is 9.94. The molecule has 0 bridgehead atoms. The second-order valence-electron chi connectivity index (χ2n) is 3.88. The number of amides is 1. The van der Waals surface area contributed by atoms with Crippen LogP contribution in [0.2, 0.25) is 0 Å². The number of carboxylic acids is 1. The molecule has 0 aliphatic heterocycles. The third kappa shape index (κ3) is 2.62. The van der Waals surface area contributed by atoms with Crippen LogP contribution >= 0.6 is 0 Å². The minimum absolute atomic E-state index is 0.00898. The molecule has 0 unspecified atom stereocenters. The van der Waals surface area contributed by atoms with Crippen LogP contribution in [-0.2, 0) is 0 Å². The van der Waals surface area contributed by atoms with Gasteiger partial charge in [0.2, 0.25) is 0 Å². The first-order chi connectivity index (χ1) is 8.99. The van der Waals surface area contributed by atoms with Crippen LogP contribution in [0.3, 0.4) is 0 Å². The summed E-state index contributed by atoms with van der Waals surface area (Å²) in [7, 11) is 0. The average Bonchev–Trinajstić information content (AvgIpc) is 2.77. The summed E-state index contributed by atoms with van der Waals surface area (Å²) in [5, 5.41) is 11.3. The summed E-state index contributed by atoms with van der Waals surface area (Å²) in [5.74, 6) is -2.52. The largest absolute Gasteiger partial charge is 0.478 e. The fourth-order valence-corrected chi connectivity index (χ4v) is 1.59. The van der Waals surface area contributed by atoms with Crippen molar-refractivity contribution in [3.63, 3.8) is 0 Å². The summed E-state index contributed by atoms with van der Waals surface area (Å²) in [6.07, 6.45) is 1.35. The van der Waals surface area contributed by atoms with Crippen LogP contribution in [0.15, 0.2) is 34.9 Å². The molecule has 0 radical (unpaired) electrons. The quantitative estimate of drug-likeness (QED) is 0.892. The van der Waals surface area contributed by atoms with Crippen molar-refractivity contribution in [3.05, 3.63) is 53.2 Å². The molecular formula is C13H10FNO4. The number of hydrogen-bond donors (Lipinski definition) is 2. The third-order valence-electron chi connectivity index (χ3n) is 2.53. The highest BCUT2D eigenvalue weighted by Crippen LogP contribution is 2.19. The van der Waals surface area contributed by atoms with Gasteiger partial charge in [0.15, 0.2) is 5.76 Å². The van der Waals surface area contributed by atoms with Crippen molar-refractivity contribution in [1.29, 1.82) is 0 Å². The molecule has 0 fully saturated rings. The van der Waals surface area contributed by atoms with Crippen LogP contribution in [0, 0.1) is 12.7 Å². The molecule has 0 aliphatic carbocycles. The van der Waals surface area contributed by atoms with E-state index in [2.05, 4.69) is 5.32 Å². The molecule has 2 N–H and O–H groups in total. The molecule has 0 saturated heterocycles. The fraction of sp³-hybridized carbons (Fsp3) is 0.0769. The zero-order chi connectivity index (χ0) is 14.0. The monoisotopic (exact) mass is 263 g/mol. The molecular weight excluding hydrogens is 253 g/mol. The smallest absolute Gasteiger partial charge is 0.337 e. The van der Waals surface area contributed by atoms with E-state index in [0.717, 1.165) is 12.1 Å². The number of aryl methyl sites for hydroxylation is 1. The number of carbonyl (C=O) groups is 2.